The number of H-pyrrole nitrogens is 1. The van der Waals surface area contributed by atoms with Crippen molar-refractivity contribution in [3.8, 4) is 11.4 Å². The average Bonchev–Trinajstić information content (AvgIpc) is 3.14. The van der Waals surface area contributed by atoms with Crippen LogP contribution < -0.4 is 5.32 Å². The summed E-state index contributed by atoms with van der Waals surface area (Å²) in [7, 11) is 1.75. The summed E-state index contributed by atoms with van der Waals surface area (Å²) in [6.45, 7) is 3.98. The van der Waals surface area contributed by atoms with Gasteiger partial charge < -0.3 is 0 Å². The molecule has 2 heterocycles. The van der Waals surface area contributed by atoms with Gasteiger partial charge in [-0.05, 0) is 24.1 Å². The molecule has 2 N–H and O–H groups in total. The van der Waals surface area contributed by atoms with Crippen molar-refractivity contribution < 1.29 is 13.6 Å². The molecule has 7 nitrogen and oxygen atoms in total. The van der Waals surface area contributed by atoms with Gasteiger partial charge in [-0.25, -0.2) is 8.78 Å². The van der Waals surface area contributed by atoms with Crippen LogP contribution in [0.3, 0.4) is 0 Å². The second kappa shape index (κ2) is 6.42. The third-order valence-corrected chi connectivity index (χ3v) is 3.65. The maximum atomic E-state index is 13.8. The van der Waals surface area contributed by atoms with Crippen molar-refractivity contribution in [2.24, 2.45) is 7.05 Å². The van der Waals surface area contributed by atoms with Crippen LogP contribution in [-0.2, 0) is 7.05 Å². The van der Waals surface area contributed by atoms with Crippen LogP contribution >= 0.6 is 0 Å². The lowest BCUT2D eigenvalue weighted by molar-refractivity contribution is 0.102. The zero-order chi connectivity index (χ0) is 18.1. The van der Waals surface area contributed by atoms with Gasteiger partial charge in [-0.15, -0.1) is 5.10 Å². The molecule has 3 rings (SSSR count). The quantitative estimate of drug-likeness (QED) is 0.760. The molecule has 0 atom stereocenters. The number of amides is 1. The van der Waals surface area contributed by atoms with E-state index < -0.39 is 17.5 Å². The predicted octanol–water partition coefficient (Wildman–Crippen LogP) is 2.86. The number of aromatic amines is 1. The fourth-order valence-corrected chi connectivity index (χ4v) is 2.45. The minimum Gasteiger partial charge on any atom is -0.288 e. The third-order valence-electron chi connectivity index (χ3n) is 3.65. The number of carbonyl (C=O) groups is 1. The van der Waals surface area contributed by atoms with Crippen molar-refractivity contribution in [3.63, 3.8) is 0 Å². The molecule has 0 aliphatic carbocycles. The van der Waals surface area contributed by atoms with E-state index in [-0.39, 0.29) is 28.9 Å². The second-order valence-electron chi connectivity index (χ2n) is 5.79. The number of aromatic nitrogens is 5. The highest BCUT2D eigenvalue weighted by Crippen LogP contribution is 2.23. The molecule has 0 radical (unpaired) electrons. The molecule has 1 amide bonds. The van der Waals surface area contributed by atoms with Crippen LogP contribution in [0.25, 0.3) is 11.4 Å². The van der Waals surface area contributed by atoms with Crippen molar-refractivity contribution in [3.05, 3.63) is 47.3 Å². The van der Waals surface area contributed by atoms with Crippen LogP contribution in [0.2, 0.25) is 0 Å². The zero-order valence-electron chi connectivity index (χ0n) is 13.8. The van der Waals surface area contributed by atoms with E-state index >= 15 is 0 Å². The molecule has 25 heavy (non-hydrogen) atoms. The minimum atomic E-state index is -0.777. The average molecular weight is 346 g/mol. The van der Waals surface area contributed by atoms with E-state index in [9.17, 15) is 13.6 Å². The van der Waals surface area contributed by atoms with E-state index in [1.54, 1.807) is 17.8 Å². The molecular formula is C16H16F2N6O. The van der Waals surface area contributed by atoms with Gasteiger partial charge in [-0.2, -0.15) is 10.1 Å². The van der Waals surface area contributed by atoms with Gasteiger partial charge >= 0.3 is 0 Å². The van der Waals surface area contributed by atoms with Crippen LogP contribution in [0.4, 0.5) is 14.7 Å². The molecule has 0 bridgehead atoms. The van der Waals surface area contributed by atoms with E-state index in [1.165, 1.54) is 6.07 Å². The SMILES string of the molecule is CC(C)c1cc(C(=O)Nc2n[nH]c(-c3c(F)cccc3F)n2)nn1C. The first-order chi connectivity index (χ1) is 11.9. The molecule has 0 aliphatic rings. The third kappa shape index (κ3) is 3.25. The van der Waals surface area contributed by atoms with Crippen molar-refractivity contribution >= 4 is 11.9 Å². The van der Waals surface area contributed by atoms with Gasteiger partial charge in [-0.1, -0.05) is 19.9 Å². The van der Waals surface area contributed by atoms with Crippen molar-refractivity contribution in [2.75, 3.05) is 5.32 Å². The molecule has 0 fully saturated rings. The Labute approximate surface area is 142 Å². The fraction of sp³-hybridized carbons (Fsp3) is 0.250. The summed E-state index contributed by atoms with van der Waals surface area (Å²) in [6.07, 6.45) is 0. The van der Waals surface area contributed by atoms with Crippen LogP contribution in [-0.4, -0.2) is 30.9 Å². The summed E-state index contributed by atoms with van der Waals surface area (Å²) in [5.74, 6) is -2.07. The highest BCUT2D eigenvalue weighted by atomic mass is 19.1. The van der Waals surface area contributed by atoms with E-state index in [0.717, 1.165) is 17.8 Å². The lowest BCUT2D eigenvalue weighted by atomic mass is 10.1. The lowest BCUT2D eigenvalue weighted by Gasteiger charge is -2.02. The minimum absolute atomic E-state index is 0.0978. The van der Waals surface area contributed by atoms with Crippen molar-refractivity contribution in [1.82, 2.24) is 25.0 Å². The normalized spacial score (nSPS) is 11.1. The number of rotatable bonds is 4. The monoisotopic (exact) mass is 346 g/mol. The molecule has 0 unspecified atom stereocenters. The van der Waals surface area contributed by atoms with Gasteiger partial charge in [0.15, 0.2) is 11.5 Å². The number of nitrogens with zero attached hydrogens (tertiary/aromatic N) is 4. The molecule has 2 aromatic heterocycles. The van der Waals surface area contributed by atoms with Gasteiger partial charge in [0.05, 0.1) is 5.56 Å². The summed E-state index contributed by atoms with van der Waals surface area (Å²) in [6, 6.07) is 5.14. The largest absolute Gasteiger partial charge is 0.288 e. The van der Waals surface area contributed by atoms with Crippen molar-refractivity contribution in [2.45, 2.75) is 19.8 Å². The van der Waals surface area contributed by atoms with E-state index in [0.29, 0.717) is 0 Å². The molecular weight excluding hydrogens is 330 g/mol. The van der Waals surface area contributed by atoms with Crippen LogP contribution in [0.1, 0.15) is 35.9 Å². The number of carbonyl (C=O) groups excluding carboxylic acids is 1. The summed E-state index contributed by atoms with van der Waals surface area (Å²) >= 11 is 0. The Morgan fingerprint density at radius 3 is 2.56 bits per heavy atom. The topological polar surface area (TPSA) is 88.5 Å². The molecule has 0 saturated heterocycles. The Hall–Kier alpha value is -3.10. The summed E-state index contributed by atoms with van der Waals surface area (Å²) in [5.41, 5.74) is 0.763. The molecule has 1 aromatic carbocycles. The molecule has 130 valence electrons. The van der Waals surface area contributed by atoms with Gasteiger partial charge in [0, 0.05) is 12.7 Å². The zero-order valence-corrected chi connectivity index (χ0v) is 13.8. The highest BCUT2D eigenvalue weighted by molar-refractivity contribution is 6.02. The summed E-state index contributed by atoms with van der Waals surface area (Å²) in [5, 5.41) is 12.8. The number of hydrogen-bond acceptors (Lipinski definition) is 4. The first kappa shape index (κ1) is 16.7. The van der Waals surface area contributed by atoms with Gasteiger partial charge in [0.2, 0.25) is 5.95 Å². The number of halogens is 2. The van der Waals surface area contributed by atoms with Crippen LogP contribution in [0, 0.1) is 11.6 Å². The van der Waals surface area contributed by atoms with Crippen molar-refractivity contribution in [1.29, 1.82) is 0 Å². The number of nitrogens with one attached hydrogen (secondary N) is 2. The first-order valence-electron chi connectivity index (χ1n) is 7.59. The van der Waals surface area contributed by atoms with Gasteiger partial charge in [-0.3, -0.25) is 19.9 Å². The second-order valence-corrected chi connectivity index (χ2v) is 5.79. The summed E-state index contributed by atoms with van der Waals surface area (Å²) < 4.78 is 29.2. The Balaban J connectivity index is 1.82. The molecule has 0 saturated carbocycles. The van der Waals surface area contributed by atoms with E-state index in [4.69, 9.17) is 0 Å². The number of aryl methyl sites for hydroxylation is 1. The Morgan fingerprint density at radius 1 is 1.28 bits per heavy atom. The fourth-order valence-electron chi connectivity index (χ4n) is 2.45. The molecule has 9 heteroatoms. The summed E-state index contributed by atoms with van der Waals surface area (Å²) in [4.78, 5) is 16.2. The maximum Gasteiger partial charge on any atom is 0.278 e. The lowest BCUT2D eigenvalue weighted by Crippen LogP contribution is -2.14. The molecule has 3 aromatic rings. The van der Waals surface area contributed by atoms with Crippen LogP contribution in [0.5, 0.6) is 0 Å². The Bertz CT molecular complexity index is 910. The number of hydrogen-bond donors (Lipinski definition) is 2. The maximum absolute atomic E-state index is 13.8. The number of anilines is 1. The van der Waals surface area contributed by atoms with Gasteiger partial charge in [0.1, 0.15) is 11.6 Å². The first-order valence-corrected chi connectivity index (χ1v) is 7.59. The predicted molar refractivity (Wildman–Crippen MR) is 87.0 cm³/mol. The Kier molecular flexibility index (Phi) is 4.30. The molecule has 0 spiro atoms. The standard InChI is InChI=1S/C16H16F2N6O/c1-8(2)12-7-11(23-24(12)3)15(25)20-16-19-14(21-22-16)13-9(17)5-4-6-10(13)18/h4-8H,1-3H3,(H2,19,20,21,22,25). The molecule has 0 aliphatic heterocycles. The van der Waals surface area contributed by atoms with E-state index in [2.05, 4.69) is 25.6 Å². The van der Waals surface area contributed by atoms with Crippen LogP contribution in [0.15, 0.2) is 24.3 Å². The van der Waals surface area contributed by atoms with Gasteiger partial charge in [0.25, 0.3) is 5.91 Å². The highest BCUT2D eigenvalue weighted by Gasteiger charge is 2.19. The number of benzene rings is 1. The Morgan fingerprint density at radius 2 is 1.96 bits per heavy atom. The smallest absolute Gasteiger partial charge is 0.278 e. The van der Waals surface area contributed by atoms with E-state index in [1.807, 2.05) is 13.8 Å².